The Bertz CT molecular complexity index is 508. The molecule has 0 aliphatic carbocycles. The molecule has 0 saturated carbocycles. The fourth-order valence-electron chi connectivity index (χ4n) is 2.25. The number of alkyl halides is 3. The molecule has 1 fully saturated rings. The lowest BCUT2D eigenvalue weighted by Gasteiger charge is -2.49. The largest absolute Gasteiger partial charge is 0.419 e. The van der Waals surface area contributed by atoms with Crippen molar-refractivity contribution >= 4 is 11.6 Å². The third kappa shape index (κ3) is 3.36. The maximum atomic E-state index is 12.8. The summed E-state index contributed by atoms with van der Waals surface area (Å²) in [6, 6.07) is 7.19. The Balaban J connectivity index is 1.84. The smallest absolute Gasteiger partial charge is 0.366 e. The standard InChI is InChI=1S/C14H17F3N2O2/c1-10-3-5-11(6-4-10)18-12(20)7-19-8-13(9-19,21-2)14(15,16)17/h3-6H,7-9H2,1-2H3,(H,18,20). The summed E-state index contributed by atoms with van der Waals surface area (Å²) in [5.74, 6) is -0.342. The molecule has 7 heteroatoms. The van der Waals surface area contributed by atoms with Crippen LogP contribution in [0.2, 0.25) is 0 Å². The Morgan fingerprint density at radius 1 is 1.33 bits per heavy atom. The van der Waals surface area contributed by atoms with Crippen LogP contribution in [-0.4, -0.2) is 49.3 Å². The molecule has 116 valence electrons. The van der Waals surface area contributed by atoms with Crippen molar-refractivity contribution < 1.29 is 22.7 Å². The van der Waals surface area contributed by atoms with E-state index in [0.29, 0.717) is 5.69 Å². The van der Waals surface area contributed by atoms with E-state index in [4.69, 9.17) is 0 Å². The third-order valence-electron chi connectivity index (χ3n) is 3.57. The summed E-state index contributed by atoms with van der Waals surface area (Å²) >= 11 is 0. The first-order valence-corrected chi connectivity index (χ1v) is 6.46. The van der Waals surface area contributed by atoms with Gasteiger partial charge < -0.3 is 10.1 Å². The Labute approximate surface area is 120 Å². The zero-order valence-corrected chi connectivity index (χ0v) is 11.8. The quantitative estimate of drug-likeness (QED) is 0.927. The molecule has 1 amide bonds. The lowest BCUT2D eigenvalue weighted by molar-refractivity contribution is -0.309. The van der Waals surface area contributed by atoms with Gasteiger partial charge in [-0.1, -0.05) is 17.7 Å². The number of anilines is 1. The second-order valence-electron chi connectivity index (χ2n) is 5.26. The van der Waals surface area contributed by atoms with Gasteiger partial charge in [0.25, 0.3) is 0 Å². The van der Waals surface area contributed by atoms with Crippen molar-refractivity contribution in [2.45, 2.75) is 18.7 Å². The molecular weight excluding hydrogens is 285 g/mol. The van der Waals surface area contributed by atoms with Crippen molar-refractivity contribution in [3.63, 3.8) is 0 Å². The maximum absolute atomic E-state index is 12.8. The van der Waals surface area contributed by atoms with Gasteiger partial charge in [-0.15, -0.1) is 0 Å². The van der Waals surface area contributed by atoms with Crippen LogP contribution in [0.5, 0.6) is 0 Å². The predicted octanol–water partition coefficient (Wildman–Crippen LogP) is 2.20. The van der Waals surface area contributed by atoms with Crippen molar-refractivity contribution in [2.24, 2.45) is 0 Å². The SMILES string of the molecule is COC1(C(F)(F)F)CN(CC(=O)Nc2ccc(C)cc2)C1. The lowest BCUT2D eigenvalue weighted by atomic mass is 9.93. The number of amides is 1. The van der Waals surface area contributed by atoms with Crippen molar-refractivity contribution in [1.82, 2.24) is 4.90 Å². The molecule has 1 aliphatic rings. The fourth-order valence-corrected chi connectivity index (χ4v) is 2.25. The Kier molecular flexibility index (Phi) is 4.25. The van der Waals surface area contributed by atoms with Gasteiger partial charge in [-0.05, 0) is 19.1 Å². The number of nitrogens with zero attached hydrogens (tertiary/aromatic N) is 1. The number of hydrogen-bond acceptors (Lipinski definition) is 3. The van der Waals surface area contributed by atoms with E-state index in [1.807, 2.05) is 19.1 Å². The van der Waals surface area contributed by atoms with Crippen LogP contribution in [0.15, 0.2) is 24.3 Å². The molecule has 1 aromatic rings. The van der Waals surface area contributed by atoms with E-state index in [2.05, 4.69) is 10.1 Å². The highest BCUT2D eigenvalue weighted by molar-refractivity contribution is 5.92. The molecule has 2 rings (SSSR count). The Morgan fingerprint density at radius 2 is 1.90 bits per heavy atom. The zero-order valence-electron chi connectivity index (χ0n) is 11.8. The van der Waals surface area contributed by atoms with E-state index in [1.54, 1.807) is 12.1 Å². The first kappa shape index (κ1) is 15.8. The molecule has 1 heterocycles. The average molecular weight is 302 g/mol. The van der Waals surface area contributed by atoms with E-state index in [0.717, 1.165) is 12.7 Å². The molecule has 21 heavy (non-hydrogen) atoms. The van der Waals surface area contributed by atoms with Gasteiger partial charge in [0.15, 0.2) is 5.60 Å². The summed E-state index contributed by atoms with van der Waals surface area (Å²) in [7, 11) is 1.04. The monoisotopic (exact) mass is 302 g/mol. The molecule has 1 aliphatic heterocycles. The molecule has 0 radical (unpaired) electrons. The van der Waals surface area contributed by atoms with Crippen molar-refractivity contribution in [1.29, 1.82) is 0 Å². The average Bonchev–Trinajstić information content (AvgIpc) is 2.34. The Morgan fingerprint density at radius 3 is 2.38 bits per heavy atom. The maximum Gasteiger partial charge on any atom is 0.419 e. The van der Waals surface area contributed by atoms with Crippen LogP contribution < -0.4 is 5.32 Å². The summed E-state index contributed by atoms with van der Waals surface area (Å²) in [5.41, 5.74) is -0.456. The van der Waals surface area contributed by atoms with Crippen molar-refractivity contribution in [3.05, 3.63) is 29.8 Å². The molecule has 4 nitrogen and oxygen atoms in total. The molecule has 1 saturated heterocycles. The normalized spacial score (nSPS) is 18.1. The fraction of sp³-hybridized carbons (Fsp3) is 0.500. The molecule has 1 aromatic carbocycles. The van der Waals surface area contributed by atoms with Crippen molar-refractivity contribution in [3.8, 4) is 0 Å². The van der Waals surface area contributed by atoms with Crippen molar-refractivity contribution in [2.75, 3.05) is 32.1 Å². The first-order valence-electron chi connectivity index (χ1n) is 6.46. The van der Waals surface area contributed by atoms with Gasteiger partial charge in [0.1, 0.15) is 0 Å². The van der Waals surface area contributed by atoms with E-state index in [-0.39, 0.29) is 25.5 Å². The van der Waals surface area contributed by atoms with Gasteiger partial charge in [0.2, 0.25) is 5.91 Å². The number of carbonyl (C=O) groups excluding carboxylic acids is 1. The van der Waals surface area contributed by atoms with Gasteiger partial charge >= 0.3 is 6.18 Å². The summed E-state index contributed by atoms with van der Waals surface area (Å²) in [6.45, 7) is 1.19. The molecule has 0 unspecified atom stereocenters. The minimum absolute atomic E-state index is 0.0882. The van der Waals surface area contributed by atoms with Crippen LogP contribution in [0.1, 0.15) is 5.56 Å². The highest BCUT2D eigenvalue weighted by Gasteiger charge is 2.62. The van der Waals surface area contributed by atoms with Gasteiger partial charge in [-0.2, -0.15) is 13.2 Å². The molecular formula is C14H17F3N2O2. The van der Waals surface area contributed by atoms with E-state index in [9.17, 15) is 18.0 Å². The summed E-state index contributed by atoms with van der Waals surface area (Å²) in [6.07, 6.45) is -4.42. The van der Waals surface area contributed by atoms with Gasteiger partial charge in [-0.25, -0.2) is 0 Å². The number of nitrogens with one attached hydrogen (secondary N) is 1. The summed E-state index contributed by atoms with van der Waals surface area (Å²) in [4.78, 5) is 13.2. The summed E-state index contributed by atoms with van der Waals surface area (Å²) < 4.78 is 43.0. The number of halogens is 3. The highest BCUT2D eigenvalue weighted by atomic mass is 19.4. The molecule has 1 N–H and O–H groups in total. The number of methoxy groups -OCH3 is 1. The number of rotatable bonds is 4. The number of ether oxygens (including phenoxy) is 1. The van der Waals surface area contributed by atoms with Crippen LogP contribution in [0.3, 0.4) is 0 Å². The van der Waals surface area contributed by atoms with Crippen LogP contribution in [-0.2, 0) is 9.53 Å². The van der Waals surface area contributed by atoms with Crippen LogP contribution in [0.4, 0.5) is 18.9 Å². The number of hydrogen-bond donors (Lipinski definition) is 1. The number of benzene rings is 1. The van der Waals surface area contributed by atoms with Crippen LogP contribution in [0.25, 0.3) is 0 Å². The van der Waals surface area contributed by atoms with Gasteiger partial charge in [0.05, 0.1) is 6.54 Å². The lowest BCUT2D eigenvalue weighted by Crippen LogP contribution is -2.70. The van der Waals surface area contributed by atoms with E-state index >= 15 is 0 Å². The topological polar surface area (TPSA) is 41.6 Å². The molecule has 0 atom stereocenters. The predicted molar refractivity (Wildman–Crippen MR) is 72.0 cm³/mol. The molecule has 0 spiro atoms. The summed E-state index contributed by atoms with van der Waals surface area (Å²) in [5, 5.41) is 2.65. The number of likely N-dealkylation sites (tertiary alicyclic amines) is 1. The minimum atomic E-state index is -4.42. The zero-order chi connectivity index (χ0) is 15.7. The minimum Gasteiger partial charge on any atom is -0.366 e. The van der Waals surface area contributed by atoms with Gasteiger partial charge in [0, 0.05) is 25.9 Å². The van der Waals surface area contributed by atoms with Crippen LogP contribution >= 0.6 is 0 Å². The molecule has 0 bridgehead atoms. The highest BCUT2D eigenvalue weighted by Crippen LogP contribution is 2.40. The Hall–Kier alpha value is -1.60. The third-order valence-corrected chi connectivity index (χ3v) is 3.57. The first-order chi connectivity index (χ1) is 9.75. The number of carbonyl (C=O) groups is 1. The van der Waals surface area contributed by atoms with Crippen LogP contribution in [0, 0.1) is 6.92 Å². The van der Waals surface area contributed by atoms with Gasteiger partial charge in [-0.3, -0.25) is 9.69 Å². The van der Waals surface area contributed by atoms with E-state index in [1.165, 1.54) is 4.90 Å². The second kappa shape index (κ2) is 5.65. The molecule has 0 aromatic heterocycles. The van der Waals surface area contributed by atoms with E-state index < -0.39 is 11.8 Å². The number of aryl methyl sites for hydroxylation is 1. The second-order valence-corrected chi connectivity index (χ2v) is 5.26.